The van der Waals surface area contributed by atoms with Gasteiger partial charge in [0.05, 0.1) is 6.61 Å². The van der Waals surface area contributed by atoms with Crippen LogP contribution in [0.25, 0.3) is 0 Å². The van der Waals surface area contributed by atoms with Crippen LogP contribution in [0.2, 0.25) is 0 Å². The molecule has 0 rings (SSSR count). The van der Waals surface area contributed by atoms with Gasteiger partial charge in [-0.05, 0) is 12.3 Å². The smallest absolute Gasteiger partial charge is 0.324 e. The molecule has 0 bridgehead atoms. The van der Waals surface area contributed by atoms with Crippen LogP contribution in [0.5, 0.6) is 0 Å². The van der Waals surface area contributed by atoms with Gasteiger partial charge in [0.25, 0.3) is 0 Å². The van der Waals surface area contributed by atoms with Crippen molar-refractivity contribution in [1.82, 2.24) is 0 Å². The molecule has 0 amide bonds. The van der Waals surface area contributed by atoms with E-state index in [4.69, 9.17) is 16.3 Å². The van der Waals surface area contributed by atoms with E-state index in [0.717, 1.165) is 6.42 Å². The summed E-state index contributed by atoms with van der Waals surface area (Å²) in [5.41, 5.74) is 0. The van der Waals surface area contributed by atoms with E-state index >= 15 is 0 Å². The van der Waals surface area contributed by atoms with Crippen molar-refractivity contribution < 1.29 is 9.53 Å². The molecule has 0 aromatic rings. The van der Waals surface area contributed by atoms with Crippen LogP contribution in [0, 0.1) is 5.92 Å². The molecule has 0 saturated heterocycles. The van der Waals surface area contributed by atoms with E-state index in [0.29, 0.717) is 18.9 Å². The van der Waals surface area contributed by atoms with Crippen molar-refractivity contribution in [1.29, 1.82) is 0 Å². The van der Waals surface area contributed by atoms with E-state index in [2.05, 4.69) is 0 Å². The first kappa shape index (κ1) is 11.8. The molecule has 0 saturated carbocycles. The summed E-state index contributed by atoms with van der Waals surface area (Å²) >= 11 is 5.74. The van der Waals surface area contributed by atoms with E-state index < -0.39 is 5.38 Å². The Bertz CT molecular complexity index is 134. The fourth-order valence-electron chi connectivity index (χ4n) is 0.711. The zero-order valence-corrected chi connectivity index (χ0v) is 8.73. The lowest BCUT2D eigenvalue weighted by Gasteiger charge is -2.10. The van der Waals surface area contributed by atoms with E-state index in [-0.39, 0.29) is 5.97 Å². The van der Waals surface area contributed by atoms with Crippen molar-refractivity contribution in [3.05, 3.63) is 0 Å². The first-order valence-corrected chi connectivity index (χ1v) is 4.82. The van der Waals surface area contributed by atoms with Gasteiger partial charge in [-0.25, -0.2) is 0 Å². The predicted molar refractivity (Wildman–Crippen MR) is 50.3 cm³/mol. The molecule has 72 valence electrons. The summed E-state index contributed by atoms with van der Waals surface area (Å²) in [7, 11) is 0. The second-order valence-electron chi connectivity index (χ2n) is 3.28. The Morgan fingerprint density at radius 3 is 2.50 bits per heavy atom. The minimum absolute atomic E-state index is 0.285. The quantitative estimate of drug-likeness (QED) is 0.495. The number of halogens is 1. The highest BCUT2D eigenvalue weighted by atomic mass is 35.5. The Morgan fingerprint density at radius 2 is 2.08 bits per heavy atom. The van der Waals surface area contributed by atoms with Gasteiger partial charge in [-0.1, -0.05) is 27.2 Å². The average molecular weight is 193 g/mol. The number of ether oxygens (including phenoxy) is 1. The van der Waals surface area contributed by atoms with Gasteiger partial charge in [0.1, 0.15) is 5.38 Å². The highest BCUT2D eigenvalue weighted by Crippen LogP contribution is 2.07. The summed E-state index contributed by atoms with van der Waals surface area (Å²) in [5.74, 6) is 0.0895. The predicted octanol–water partition coefficient (Wildman–Crippen LogP) is 2.59. The largest absolute Gasteiger partial charge is 0.464 e. The van der Waals surface area contributed by atoms with Gasteiger partial charge in [0.2, 0.25) is 0 Å². The van der Waals surface area contributed by atoms with E-state index in [1.807, 2.05) is 20.8 Å². The lowest BCUT2D eigenvalue weighted by molar-refractivity contribution is -0.144. The van der Waals surface area contributed by atoms with E-state index in [1.165, 1.54) is 0 Å². The lowest BCUT2D eigenvalue weighted by Crippen LogP contribution is -2.19. The Morgan fingerprint density at radius 1 is 1.50 bits per heavy atom. The van der Waals surface area contributed by atoms with Crippen LogP contribution in [0.15, 0.2) is 0 Å². The van der Waals surface area contributed by atoms with Crippen molar-refractivity contribution in [2.45, 2.75) is 39.0 Å². The number of esters is 1. The van der Waals surface area contributed by atoms with Crippen LogP contribution in [-0.4, -0.2) is 18.0 Å². The molecule has 0 aromatic carbocycles. The maximum Gasteiger partial charge on any atom is 0.324 e. The molecule has 1 atom stereocenters. The van der Waals surface area contributed by atoms with Crippen LogP contribution >= 0.6 is 11.6 Å². The molecular formula is C9H17ClO2. The second kappa shape index (κ2) is 6.30. The molecular weight excluding hydrogens is 176 g/mol. The molecule has 0 spiro atoms. The SMILES string of the molecule is CCCC(Cl)C(=O)OCC(C)C. The zero-order chi connectivity index (χ0) is 9.56. The van der Waals surface area contributed by atoms with Crippen LogP contribution in [0.1, 0.15) is 33.6 Å². The Kier molecular flexibility index (Phi) is 6.17. The summed E-state index contributed by atoms with van der Waals surface area (Å²) in [6.07, 6.45) is 1.60. The fourth-order valence-corrected chi connectivity index (χ4v) is 0.992. The maximum absolute atomic E-state index is 11.1. The van der Waals surface area contributed by atoms with Crippen molar-refractivity contribution in [3.8, 4) is 0 Å². The van der Waals surface area contributed by atoms with E-state index in [1.54, 1.807) is 0 Å². The Labute approximate surface area is 79.2 Å². The van der Waals surface area contributed by atoms with Gasteiger partial charge in [0, 0.05) is 0 Å². The van der Waals surface area contributed by atoms with Gasteiger partial charge >= 0.3 is 5.97 Å². The van der Waals surface area contributed by atoms with Crippen LogP contribution in [0.4, 0.5) is 0 Å². The monoisotopic (exact) mass is 192 g/mol. The molecule has 0 N–H and O–H groups in total. The van der Waals surface area contributed by atoms with Gasteiger partial charge in [0.15, 0.2) is 0 Å². The third-order valence-corrected chi connectivity index (χ3v) is 1.75. The molecule has 0 aliphatic heterocycles. The number of hydrogen-bond acceptors (Lipinski definition) is 2. The molecule has 2 nitrogen and oxygen atoms in total. The van der Waals surface area contributed by atoms with Gasteiger partial charge < -0.3 is 4.74 Å². The van der Waals surface area contributed by atoms with Crippen molar-refractivity contribution in [3.63, 3.8) is 0 Å². The maximum atomic E-state index is 11.1. The summed E-state index contributed by atoms with van der Waals surface area (Å²) in [6, 6.07) is 0. The molecule has 0 aliphatic rings. The highest BCUT2D eigenvalue weighted by Gasteiger charge is 2.15. The second-order valence-corrected chi connectivity index (χ2v) is 3.81. The number of hydrogen-bond donors (Lipinski definition) is 0. The average Bonchev–Trinajstić information content (AvgIpc) is 2.00. The number of alkyl halides is 1. The van der Waals surface area contributed by atoms with Gasteiger partial charge in [-0.3, -0.25) is 4.79 Å². The zero-order valence-electron chi connectivity index (χ0n) is 7.97. The van der Waals surface area contributed by atoms with E-state index in [9.17, 15) is 4.79 Å². The normalized spacial score (nSPS) is 13.1. The molecule has 0 heterocycles. The molecule has 0 aliphatic carbocycles. The Balaban J connectivity index is 3.57. The number of rotatable bonds is 5. The first-order valence-electron chi connectivity index (χ1n) is 4.38. The third kappa shape index (κ3) is 5.42. The molecule has 1 unspecified atom stereocenters. The van der Waals surface area contributed by atoms with Crippen molar-refractivity contribution in [2.24, 2.45) is 5.92 Å². The van der Waals surface area contributed by atoms with Crippen LogP contribution in [-0.2, 0) is 9.53 Å². The summed E-state index contributed by atoms with van der Waals surface area (Å²) in [4.78, 5) is 11.1. The standard InChI is InChI=1S/C9H17ClO2/c1-4-5-8(10)9(11)12-6-7(2)3/h7-8H,4-6H2,1-3H3. The Hall–Kier alpha value is -0.240. The summed E-state index contributed by atoms with van der Waals surface area (Å²) < 4.78 is 4.95. The summed E-state index contributed by atoms with van der Waals surface area (Å²) in [6.45, 7) is 6.45. The lowest BCUT2D eigenvalue weighted by atomic mass is 10.2. The van der Waals surface area contributed by atoms with Crippen LogP contribution in [0.3, 0.4) is 0 Å². The molecule has 0 radical (unpaired) electrons. The fraction of sp³-hybridized carbons (Fsp3) is 0.889. The first-order chi connectivity index (χ1) is 5.57. The summed E-state index contributed by atoms with van der Waals surface area (Å²) in [5, 5.41) is -0.464. The minimum Gasteiger partial charge on any atom is -0.464 e. The third-order valence-electron chi connectivity index (χ3n) is 1.36. The van der Waals surface area contributed by atoms with Crippen molar-refractivity contribution >= 4 is 17.6 Å². The molecule has 12 heavy (non-hydrogen) atoms. The minimum atomic E-state index is -0.464. The molecule has 0 aromatic heterocycles. The topological polar surface area (TPSA) is 26.3 Å². The molecule has 0 fully saturated rings. The van der Waals surface area contributed by atoms with Gasteiger partial charge in [-0.2, -0.15) is 0 Å². The number of carbonyl (C=O) groups excluding carboxylic acids is 1. The van der Waals surface area contributed by atoms with Crippen molar-refractivity contribution in [2.75, 3.05) is 6.61 Å². The highest BCUT2D eigenvalue weighted by molar-refractivity contribution is 6.29. The number of carbonyl (C=O) groups is 1. The molecule has 3 heteroatoms. The van der Waals surface area contributed by atoms with Gasteiger partial charge in [-0.15, -0.1) is 11.6 Å². The van der Waals surface area contributed by atoms with Crippen LogP contribution < -0.4 is 0 Å².